The van der Waals surface area contributed by atoms with Crippen molar-refractivity contribution >= 4 is 20.2 Å². The summed E-state index contributed by atoms with van der Waals surface area (Å²) in [7, 11) is -1.94. The van der Waals surface area contributed by atoms with Gasteiger partial charge in [0.2, 0.25) is 0 Å². The summed E-state index contributed by atoms with van der Waals surface area (Å²) in [5, 5.41) is 8.67. The molecule has 10 heteroatoms. The van der Waals surface area contributed by atoms with Crippen molar-refractivity contribution in [3.05, 3.63) is 11.5 Å². The highest BCUT2D eigenvalue weighted by molar-refractivity contribution is 7.44. The summed E-state index contributed by atoms with van der Waals surface area (Å²) in [6, 6.07) is 0. The normalized spacial score (nSPS) is 33.3. The molecular weight excluding hydrogens is 297 g/mol. The average molecular weight is 317 g/mol. The zero-order chi connectivity index (χ0) is 15.0. The Kier molecular flexibility index (Phi) is 4.10. The summed E-state index contributed by atoms with van der Waals surface area (Å²) >= 11 is 0. The molecule has 3 aliphatic rings. The molecule has 0 saturated carbocycles. The van der Waals surface area contributed by atoms with Crippen molar-refractivity contribution in [2.24, 2.45) is 5.73 Å². The Morgan fingerprint density at radius 3 is 3.10 bits per heavy atom. The Balaban J connectivity index is 1.63. The van der Waals surface area contributed by atoms with Gasteiger partial charge in [0.25, 0.3) is 5.91 Å². The summed E-state index contributed by atoms with van der Waals surface area (Å²) in [4.78, 5) is 22.9. The van der Waals surface area contributed by atoms with Crippen molar-refractivity contribution < 1.29 is 18.9 Å². The first-order valence-electron chi connectivity index (χ1n) is 6.78. The molecule has 118 valence electrons. The van der Waals surface area contributed by atoms with Gasteiger partial charge in [0, 0.05) is 0 Å². The van der Waals surface area contributed by atoms with Gasteiger partial charge in [-0.3, -0.25) is 10.5 Å². The third-order valence-electron chi connectivity index (χ3n) is 3.62. The van der Waals surface area contributed by atoms with Gasteiger partial charge in [-0.25, -0.2) is 0 Å². The van der Waals surface area contributed by atoms with Gasteiger partial charge >= 0.3 is 0 Å². The molecule has 1 amide bonds. The third kappa shape index (κ3) is 3.02. The largest absolute Gasteiger partial charge is 0.360 e. The van der Waals surface area contributed by atoms with Crippen LogP contribution in [0.4, 0.5) is 0 Å². The number of ether oxygens (including phenoxy) is 1. The fourth-order valence-corrected chi connectivity index (χ4v) is 3.06. The van der Waals surface area contributed by atoms with Crippen molar-refractivity contribution in [3.8, 4) is 0 Å². The predicted molar refractivity (Wildman–Crippen MR) is 77.6 cm³/mol. The van der Waals surface area contributed by atoms with Crippen LogP contribution in [-0.4, -0.2) is 53.9 Å². The first kappa shape index (κ1) is 14.7. The first-order valence-corrected chi connectivity index (χ1v) is 8.35. The molecule has 0 aromatic heterocycles. The van der Waals surface area contributed by atoms with E-state index in [1.807, 2.05) is 4.90 Å². The molecule has 6 N–H and O–H groups in total. The van der Waals surface area contributed by atoms with E-state index in [0.29, 0.717) is 24.8 Å². The average Bonchev–Trinajstić information content (AvgIpc) is 3.02. The first-order chi connectivity index (χ1) is 10.0. The van der Waals surface area contributed by atoms with E-state index in [-0.39, 0.29) is 18.2 Å². The number of amides is 1. The van der Waals surface area contributed by atoms with E-state index in [1.165, 1.54) is 0 Å². The predicted octanol–water partition coefficient (Wildman–Crippen LogP) is -2.03. The van der Waals surface area contributed by atoms with Gasteiger partial charge in [-0.1, -0.05) is 6.30 Å². The minimum atomic E-state index is -1.94. The summed E-state index contributed by atoms with van der Waals surface area (Å²) in [5.74, 6) is 0.447. The topological polar surface area (TPSA) is 121 Å². The van der Waals surface area contributed by atoms with Crippen molar-refractivity contribution in [3.63, 3.8) is 0 Å². The number of carbonyl (C=O) groups is 1. The Morgan fingerprint density at radius 1 is 1.52 bits per heavy atom. The number of hydrogen-bond donors (Lipinski definition) is 5. The standard InChI is InChI=1S/C11H20N5O4P/c1-21(18)19-4-6-2-3-7(20-6)16-5-13-8-9(16)14-11(12)15-10(8)17/h6-7,11,13-14,18,21H,1-5,12H2,(H,15,17). The molecule has 0 aromatic rings. The quantitative estimate of drug-likeness (QED) is 0.377. The van der Waals surface area contributed by atoms with Crippen LogP contribution in [0.2, 0.25) is 0 Å². The molecule has 3 rings (SSSR count). The number of carbonyl (C=O) groups excluding carboxylic acids is 1. The van der Waals surface area contributed by atoms with Crippen molar-refractivity contribution in [2.45, 2.75) is 31.5 Å². The fourth-order valence-electron chi connectivity index (χ4n) is 2.68. The van der Waals surface area contributed by atoms with E-state index in [0.717, 1.165) is 12.8 Å². The molecule has 0 bridgehead atoms. The molecule has 1 fully saturated rings. The number of nitrogens with two attached hydrogens (primary N) is 1. The Bertz CT molecular complexity index is 499. The molecule has 0 aromatic carbocycles. The van der Waals surface area contributed by atoms with Crippen LogP contribution in [0.5, 0.6) is 0 Å². The minimum absolute atomic E-state index is 0.0698. The molecule has 4 atom stereocenters. The maximum absolute atomic E-state index is 11.8. The van der Waals surface area contributed by atoms with Crippen LogP contribution in [0.3, 0.4) is 0 Å². The van der Waals surface area contributed by atoms with Gasteiger partial charge in [-0.2, -0.15) is 0 Å². The van der Waals surface area contributed by atoms with Gasteiger partial charge in [-0.15, -0.1) is 0 Å². The molecule has 1 saturated heterocycles. The molecule has 21 heavy (non-hydrogen) atoms. The number of nitrogens with zero attached hydrogens (tertiary/aromatic N) is 1. The molecule has 3 heterocycles. The third-order valence-corrected chi connectivity index (χ3v) is 4.12. The smallest absolute Gasteiger partial charge is 0.273 e. The molecule has 9 nitrogen and oxygen atoms in total. The highest BCUT2D eigenvalue weighted by Gasteiger charge is 2.39. The number of nitrogens with one attached hydrogen (secondary N) is 3. The van der Waals surface area contributed by atoms with Crippen molar-refractivity contribution in [1.82, 2.24) is 20.9 Å². The van der Waals surface area contributed by atoms with E-state index >= 15 is 0 Å². The van der Waals surface area contributed by atoms with Gasteiger partial charge in [0.15, 0.2) is 6.29 Å². The second-order valence-electron chi connectivity index (χ2n) is 5.12. The molecular formula is C11H20N5O4P. The lowest BCUT2D eigenvalue weighted by Gasteiger charge is -2.31. The second-order valence-corrected chi connectivity index (χ2v) is 6.19. The molecule has 4 unspecified atom stereocenters. The zero-order valence-electron chi connectivity index (χ0n) is 11.5. The molecule has 3 aliphatic heterocycles. The highest BCUT2D eigenvalue weighted by Crippen LogP contribution is 2.29. The minimum Gasteiger partial charge on any atom is -0.360 e. The summed E-state index contributed by atoms with van der Waals surface area (Å²) in [5.41, 5.74) is 6.21. The van der Waals surface area contributed by atoms with E-state index in [4.69, 9.17) is 19.9 Å². The van der Waals surface area contributed by atoms with Crippen molar-refractivity contribution in [2.75, 3.05) is 13.3 Å². The zero-order valence-corrected chi connectivity index (χ0v) is 12.5. The van der Waals surface area contributed by atoms with Crippen LogP contribution in [-0.2, 0) is 14.1 Å². The monoisotopic (exact) mass is 317 g/mol. The maximum Gasteiger partial charge on any atom is 0.273 e. The van der Waals surface area contributed by atoms with E-state index < -0.39 is 14.3 Å². The SMILES string of the molecule is C=[PH](O)OCC1CCC(N2CNC3=C2NC(N)NC3=O)O1. The Labute approximate surface area is 123 Å². The van der Waals surface area contributed by atoms with Crippen LogP contribution in [0, 0.1) is 0 Å². The van der Waals surface area contributed by atoms with E-state index in [9.17, 15) is 4.79 Å². The number of hydrogen-bond acceptors (Lipinski definition) is 8. The maximum atomic E-state index is 11.8. The van der Waals surface area contributed by atoms with Crippen LogP contribution in [0.1, 0.15) is 12.8 Å². The Hall–Kier alpha value is -1.25. The van der Waals surface area contributed by atoms with Crippen LogP contribution < -0.4 is 21.7 Å². The molecule has 0 spiro atoms. The summed E-state index contributed by atoms with van der Waals surface area (Å²) < 4.78 is 11.1. The molecule has 0 radical (unpaired) electrons. The fraction of sp³-hybridized carbons (Fsp3) is 0.636. The van der Waals surface area contributed by atoms with Crippen LogP contribution in [0.15, 0.2) is 11.5 Å². The van der Waals surface area contributed by atoms with Gasteiger partial charge in [0.05, 0.1) is 19.4 Å². The Morgan fingerprint density at radius 2 is 2.33 bits per heavy atom. The lowest BCUT2D eigenvalue weighted by atomic mass is 10.2. The van der Waals surface area contributed by atoms with Crippen LogP contribution >= 0.6 is 8.00 Å². The van der Waals surface area contributed by atoms with E-state index in [1.54, 1.807) is 0 Å². The highest BCUT2D eigenvalue weighted by atomic mass is 31.1. The summed E-state index contributed by atoms with van der Waals surface area (Å²) in [6.45, 7) is 0.825. The van der Waals surface area contributed by atoms with E-state index in [2.05, 4.69) is 22.2 Å². The number of rotatable bonds is 4. The van der Waals surface area contributed by atoms with Gasteiger partial charge in [0.1, 0.15) is 25.7 Å². The molecule has 0 aliphatic carbocycles. The lowest BCUT2D eigenvalue weighted by Crippen LogP contribution is -2.57. The lowest BCUT2D eigenvalue weighted by molar-refractivity contribution is -0.119. The van der Waals surface area contributed by atoms with Gasteiger partial charge in [-0.05, 0) is 12.8 Å². The van der Waals surface area contributed by atoms with Gasteiger partial charge < -0.3 is 35.0 Å². The van der Waals surface area contributed by atoms with Crippen LogP contribution in [0.25, 0.3) is 0 Å². The summed E-state index contributed by atoms with van der Waals surface area (Å²) in [6.07, 6.45) is 4.27. The van der Waals surface area contributed by atoms with Crippen molar-refractivity contribution in [1.29, 1.82) is 0 Å². The second kappa shape index (κ2) is 5.86.